The summed E-state index contributed by atoms with van der Waals surface area (Å²) in [5.41, 5.74) is 9.76. The maximum atomic E-state index is 10.9. The van der Waals surface area contributed by atoms with Crippen molar-refractivity contribution in [3.63, 3.8) is 0 Å². The van der Waals surface area contributed by atoms with Gasteiger partial charge in [0.1, 0.15) is 5.54 Å². The topological polar surface area (TPSA) is 98.2 Å². The van der Waals surface area contributed by atoms with Gasteiger partial charge in [-0.3, -0.25) is 9.59 Å². The molecule has 1 rings (SSSR count). The zero-order valence-electron chi connectivity index (χ0n) is 6.96. The van der Waals surface area contributed by atoms with Crippen molar-refractivity contribution in [3.05, 3.63) is 0 Å². The van der Waals surface area contributed by atoms with Crippen LogP contribution in [0.1, 0.15) is 13.3 Å². The maximum absolute atomic E-state index is 10.9. The van der Waals surface area contributed by atoms with E-state index in [0.29, 0.717) is 0 Å². The van der Waals surface area contributed by atoms with Crippen LogP contribution >= 0.6 is 0 Å². The predicted molar refractivity (Wildman–Crippen MR) is 42.9 cm³/mol. The molecule has 1 fully saturated rings. The lowest BCUT2D eigenvalue weighted by molar-refractivity contribution is -0.131. The zero-order valence-corrected chi connectivity index (χ0v) is 6.96. The maximum Gasteiger partial charge on any atom is 0.239 e. The normalized spacial score (nSPS) is 35.8. The molecule has 1 aliphatic heterocycles. The van der Waals surface area contributed by atoms with E-state index in [9.17, 15) is 9.59 Å². The summed E-state index contributed by atoms with van der Waals surface area (Å²) < 4.78 is 0. The molecule has 2 amide bonds. The third kappa shape index (κ3) is 1.27. The molecule has 5 heteroatoms. The Labute approximate surface area is 70.5 Å². The number of hydrogen-bond donors (Lipinski definition) is 3. The smallest absolute Gasteiger partial charge is 0.239 e. The van der Waals surface area contributed by atoms with Gasteiger partial charge in [0, 0.05) is 13.0 Å². The number of piperidine rings is 1. The SMILES string of the molecule is CC1CC(=O)NCC1(N)C(N)=O. The van der Waals surface area contributed by atoms with Crippen LogP contribution in [0.5, 0.6) is 0 Å². The monoisotopic (exact) mass is 171 g/mol. The molecule has 0 radical (unpaired) electrons. The highest BCUT2D eigenvalue weighted by atomic mass is 16.2. The Kier molecular flexibility index (Phi) is 2.06. The highest BCUT2D eigenvalue weighted by molar-refractivity contribution is 5.89. The first-order chi connectivity index (χ1) is 5.47. The molecule has 0 saturated carbocycles. The zero-order chi connectivity index (χ0) is 9.35. The van der Waals surface area contributed by atoms with Crippen molar-refractivity contribution in [3.8, 4) is 0 Å². The Balaban J connectivity index is 2.79. The molecule has 1 heterocycles. The minimum Gasteiger partial charge on any atom is -0.368 e. The lowest BCUT2D eigenvalue weighted by atomic mass is 9.80. The Bertz CT molecular complexity index is 229. The second-order valence-electron chi connectivity index (χ2n) is 3.29. The standard InChI is InChI=1S/C7H13N3O2/c1-4-2-5(11)10-3-7(4,9)6(8)12/h4H,2-3,9H2,1H3,(H2,8,12)(H,10,11). The Morgan fingerprint density at radius 3 is 2.75 bits per heavy atom. The van der Waals surface area contributed by atoms with Gasteiger partial charge in [0.15, 0.2) is 0 Å². The van der Waals surface area contributed by atoms with E-state index < -0.39 is 11.4 Å². The summed E-state index contributed by atoms with van der Waals surface area (Å²) in [6.45, 7) is 1.89. The first kappa shape index (κ1) is 8.99. The highest BCUT2D eigenvalue weighted by Crippen LogP contribution is 2.20. The Hall–Kier alpha value is -1.10. The van der Waals surface area contributed by atoms with Crippen molar-refractivity contribution < 1.29 is 9.59 Å². The number of carbonyl (C=O) groups excluding carboxylic acids is 2. The number of hydrogen-bond acceptors (Lipinski definition) is 3. The third-order valence-corrected chi connectivity index (χ3v) is 2.41. The molecular formula is C7H13N3O2. The van der Waals surface area contributed by atoms with Gasteiger partial charge in [-0.1, -0.05) is 6.92 Å². The minimum absolute atomic E-state index is 0.0789. The van der Waals surface area contributed by atoms with Crippen molar-refractivity contribution in [2.45, 2.75) is 18.9 Å². The van der Waals surface area contributed by atoms with Crippen molar-refractivity contribution in [1.82, 2.24) is 5.32 Å². The molecule has 2 atom stereocenters. The lowest BCUT2D eigenvalue weighted by Gasteiger charge is -2.36. The van der Waals surface area contributed by atoms with Crippen LogP contribution < -0.4 is 16.8 Å². The lowest BCUT2D eigenvalue weighted by Crippen LogP contribution is -2.66. The van der Waals surface area contributed by atoms with Crippen molar-refractivity contribution in [2.75, 3.05) is 6.54 Å². The summed E-state index contributed by atoms with van der Waals surface area (Å²) in [5, 5.41) is 2.52. The molecule has 68 valence electrons. The van der Waals surface area contributed by atoms with Gasteiger partial charge in [0.25, 0.3) is 0 Å². The summed E-state index contributed by atoms with van der Waals surface area (Å²) in [6, 6.07) is 0. The largest absolute Gasteiger partial charge is 0.368 e. The van der Waals surface area contributed by atoms with E-state index in [1.165, 1.54) is 0 Å². The average molecular weight is 171 g/mol. The van der Waals surface area contributed by atoms with Crippen LogP contribution in [0, 0.1) is 5.92 Å². The molecule has 0 aliphatic carbocycles. The first-order valence-corrected chi connectivity index (χ1v) is 3.82. The van der Waals surface area contributed by atoms with Crippen LogP contribution in [0.3, 0.4) is 0 Å². The van der Waals surface area contributed by atoms with Crippen LogP contribution in [0.25, 0.3) is 0 Å². The van der Waals surface area contributed by atoms with E-state index in [1.54, 1.807) is 6.92 Å². The second kappa shape index (κ2) is 2.75. The van der Waals surface area contributed by atoms with Crippen LogP contribution in [-0.2, 0) is 9.59 Å². The van der Waals surface area contributed by atoms with Crippen LogP contribution in [0.15, 0.2) is 0 Å². The summed E-state index contributed by atoms with van der Waals surface area (Å²) in [4.78, 5) is 21.8. The molecule has 5 N–H and O–H groups in total. The summed E-state index contributed by atoms with van der Waals surface area (Å²) in [6.07, 6.45) is 0.263. The number of rotatable bonds is 1. The molecule has 0 aromatic carbocycles. The molecule has 0 aromatic heterocycles. The fraction of sp³-hybridized carbons (Fsp3) is 0.714. The molecule has 0 aromatic rings. The molecule has 1 aliphatic rings. The van der Waals surface area contributed by atoms with E-state index in [1.807, 2.05) is 0 Å². The van der Waals surface area contributed by atoms with E-state index in [4.69, 9.17) is 11.5 Å². The van der Waals surface area contributed by atoms with Gasteiger partial charge in [0.05, 0.1) is 0 Å². The molecule has 1 saturated heterocycles. The van der Waals surface area contributed by atoms with E-state index in [-0.39, 0.29) is 24.8 Å². The molecule has 12 heavy (non-hydrogen) atoms. The van der Waals surface area contributed by atoms with Gasteiger partial charge in [-0.05, 0) is 5.92 Å². The summed E-state index contributed by atoms with van der Waals surface area (Å²) >= 11 is 0. The van der Waals surface area contributed by atoms with Gasteiger partial charge in [-0.2, -0.15) is 0 Å². The van der Waals surface area contributed by atoms with E-state index >= 15 is 0 Å². The number of nitrogens with one attached hydrogen (secondary N) is 1. The molecule has 0 spiro atoms. The average Bonchev–Trinajstić information content (AvgIpc) is 1.97. The molecule has 0 bridgehead atoms. The fourth-order valence-electron chi connectivity index (χ4n) is 1.28. The number of nitrogens with two attached hydrogens (primary N) is 2. The van der Waals surface area contributed by atoms with Crippen LogP contribution in [-0.4, -0.2) is 23.9 Å². The Morgan fingerprint density at radius 1 is 1.75 bits per heavy atom. The van der Waals surface area contributed by atoms with Gasteiger partial charge >= 0.3 is 0 Å². The van der Waals surface area contributed by atoms with Gasteiger partial charge < -0.3 is 16.8 Å². The van der Waals surface area contributed by atoms with Crippen LogP contribution in [0.2, 0.25) is 0 Å². The molecule has 5 nitrogen and oxygen atoms in total. The first-order valence-electron chi connectivity index (χ1n) is 3.82. The summed E-state index contributed by atoms with van der Waals surface area (Å²) in [7, 11) is 0. The van der Waals surface area contributed by atoms with Crippen molar-refractivity contribution in [2.24, 2.45) is 17.4 Å². The van der Waals surface area contributed by atoms with E-state index in [0.717, 1.165) is 0 Å². The molecule has 2 unspecified atom stereocenters. The second-order valence-corrected chi connectivity index (χ2v) is 3.29. The van der Waals surface area contributed by atoms with Crippen LogP contribution in [0.4, 0.5) is 0 Å². The predicted octanol–water partition coefficient (Wildman–Crippen LogP) is -1.67. The third-order valence-electron chi connectivity index (χ3n) is 2.41. The number of primary amides is 1. The number of amides is 2. The molecular weight excluding hydrogens is 158 g/mol. The van der Waals surface area contributed by atoms with Gasteiger partial charge in [-0.15, -0.1) is 0 Å². The minimum atomic E-state index is -1.08. The fourth-order valence-corrected chi connectivity index (χ4v) is 1.28. The summed E-state index contributed by atoms with van der Waals surface area (Å²) in [5.74, 6) is -0.830. The van der Waals surface area contributed by atoms with Gasteiger partial charge in [0.2, 0.25) is 11.8 Å². The number of carbonyl (C=O) groups is 2. The van der Waals surface area contributed by atoms with Crippen molar-refractivity contribution in [1.29, 1.82) is 0 Å². The van der Waals surface area contributed by atoms with Crippen molar-refractivity contribution >= 4 is 11.8 Å². The quantitative estimate of drug-likeness (QED) is 0.439. The Morgan fingerprint density at radius 2 is 2.33 bits per heavy atom. The van der Waals surface area contributed by atoms with E-state index in [2.05, 4.69) is 5.32 Å². The highest BCUT2D eigenvalue weighted by Gasteiger charge is 2.42. The van der Waals surface area contributed by atoms with Gasteiger partial charge in [-0.25, -0.2) is 0 Å².